The van der Waals surface area contributed by atoms with Gasteiger partial charge in [-0.25, -0.2) is 0 Å². The maximum atomic E-state index is 9.58. The molecule has 1 heterocycles. The smallest absolute Gasteiger partial charge is 0.131 e. The van der Waals surface area contributed by atoms with Crippen molar-refractivity contribution in [3.63, 3.8) is 0 Å². The minimum atomic E-state index is 0.134. The first kappa shape index (κ1) is 12.0. The standard InChI is InChI=1S/C12H18N2O3/c1-16-10-5-8(15)6-11(17-2)12(10)9-7-13-3-4-14-9/h5-6,9,13-15H,3-4,7H2,1-2H3/t9-/m0/s1. The van der Waals surface area contributed by atoms with Crippen LogP contribution in [0.2, 0.25) is 0 Å². The first-order valence-electron chi connectivity index (χ1n) is 5.65. The van der Waals surface area contributed by atoms with Crippen molar-refractivity contribution in [1.82, 2.24) is 10.6 Å². The number of phenolic OH excluding ortho intramolecular Hbond substituents is 1. The molecular weight excluding hydrogens is 220 g/mol. The van der Waals surface area contributed by atoms with Crippen LogP contribution < -0.4 is 20.1 Å². The Morgan fingerprint density at radius 3 is 2.29 bits per heavy atom. The first-order valence-corrected chi connectivity index (χ1v) is 5.65. The molecule has 1 aliphatic rings. The van der Waals surface area contributed by atoms with E-state index in [2.05, 4.69) is 10.6 Å². The molecule has 0 amide bonds. The number of benzene rings is 1. The van der Waals surface area contributed by atoms with Gasteiger partial charge in [0.2, 0.25) is 0 Å². The zero-order valence-electron chi connectivity index (χ0n) is 10.1. The summed E-state index contributed by atoms with van der Waals surface area (Å²) in [5.41, 5.74) is 0.944. The Balaban J connectivity index is 2.41. The molecule has 5 heteroatoms. The minimum absolute atomic E-state index is 0.134. The zero-order chi connectivity index (χ0) is 12.3. The van der Waals surface area contributed by atoms with Crippen LogP contribution in [-0.4, -0.2) is 39.0 Å². The summed E-state index contributed by atoms with van der Waals surface area (Å²) < 4.78 is 10.6. The van der Waals surface area contributed by atoms with E-state index >= 15 is 0 Å². The number of piperazine rings is 1. The number of ether oxygens (including phenoxy) is 2. The molecule has 5 nitrogen and oxygen atoms in total. The van der Waals surface area contributed by atoms with Crippen LogP contribution in [0.25, 0.3) is 0 Å². The van der Waals surface area contributed by atoms with E-state index in [9.17, 15) is 5.11 Å². The summed E-state index contributed by atoms with van der Waals surface area (Å²) in [6, 6.07) is 3.34. The lowest BCUT2D eigenvalue weighted by atomic mass is 10.0. The summed E-state index contributed by atoms with van der Waals surface area (Å²) in [5.74, 6) is 1.43. The number of aromatic hydroxyl groups is 1. The van der Waals surface area contributed by atoms with Crippen molar-refractivity contribution in [2.45, 2.75) is 6.04 Å². The zero-order valence-corrected chi connectivity index (χ0v) is 10.1. The van der Waals surface area contributed by atoms with Gasteiger partial charge in [0.1, 0.15) is 17.2 Å². The Hall–Kier alpha value is -1.46. The van der Waals surface area contributed by atoms with Crippen LogP contribution in [-0.2, 0) is 0 Å². The van der Waals surface area contributed by atoms with E-state index in [1.165, 1.54) is 0 Å². The van der Waals surface area contributed by atoms with Crippen LogP contribution in [0.15, 0.2) is 12.1 Å². The monoisotopic (exact) mass is 238 g/mol. The highest BCUT2D eigenvalue weighted by Crippen LogP contribution is 2.37. The molecule has 3 N–H and O–H groups in total. The Morgan fingerprint density at radius 1 is 1.18 bits per heavy atom. The lowest BCUT2D eigenvalue weighted by Crippen LogP contribution is -2.42. The molecule has 0 radical (unpaired) electrons. The van der Waals surface area contributed by atoms with Gasteiger partial charge in [0.15, 0.2) is 0 Å². The lowest BCUT2D eigenvalue weighted by molar-refractivity contribution is 0.349. The molecule has 0 unspecified atom stereocenters. The van der Waals surface area contributed by atoms with Crippen LogP contribution in [0, 0.1) is 0 Å². The maximum absolute atomic E-state index is 9.58. The molecule has 0 saturated carbocycles. The molecule has 17 heavy (non-hydrogen) atoms. The Bertz CT molecular complexity index is 364. The third kappa shape index (κ3) is 2.45. The molecule has 1 aromatic carbocycles. The Labute approximate surface area is 101 Å². The second-order valence-electron chi connectivity index (χ2n) is 3.97. The van der Waals surface area contributed by atoms with Crippen LogP contribution in [0.1, 0.15) is 11.6 Å². The first-order chi connectivity index (χ1) is 8.26. The van der Waals surface area contributed by atoms with Gasteiger partial charge in [0, 0.05) is 31.8 Å². The number of phenols is 1. The van der Waals surface area contributed by atoms with Gasteiger partial charge in [-0.1, -0.05) is 0 Å². The van der Waals surface area contributed by atoms with Crippen LogP contribution >= 0.6 is 0 Å². The molecule has 0 spiro atoms. The summed E-state index contributed by atoms with van der Waals surface area (Å²) in [6.07, 6.45) is 0. The molecule has 1 fully saturated rings. The van der Waals surface area contributed by atoms with Gasteiger partial charge in [0.05, 0.1) is 25.8 Å². The summed E-state index contributed by atoms with van der Waals surface area (Å²) in [7, 11) is 3.18. The van der Waals surface area contributed by atoms with E-state index in [0.29, 0.717) is 11.5 Å². The summed E-state index contributed by atoms with van der Waals surface area (Å²) in [6.45, 7) is 2.68. The summed E-state index contributed by atoms with van der Waals surface area (Å²) >= 11 is 0. The van der Waals surface area contributed by atoms with Gasteiger partial charge >= 0.3 is 0 Å². The molecule has 2 rings (SSSR count). The third-order valence-corrected chi connectivity index (χ3v) is 2.92. The fraction of sp³-hybridized carbons (Fsp3) is 0.500. The number of nitrogens with one attached hydrogen (secondary N) is 2. The highest BCUT2D eigenvalue weighted by molar-refractivity contribution is 5.52. The van der Waals surface area contributed by atoms with Crippen molar-refractivity contribution in [1.29, 1.82) is 0 Å². The SMILES string of the molecule is COc1cc(O)cc(OC)c1[C@@H]1CNCCN1. The molecule has 0 aromatic heterocycles. The molecule has 0 bridgehead atoms. The van der Waals surface area contributed by atoms with Gasteiger partial charge in [-0.05, 0) is 0 Å². The summed E-state index contributed by atoms with van der Waals surface area (Å²) in [4.78, 5) is 0. The highest BCUT2D eigenvalue weighted by Gasteiger charge is 2.23. The van der Waals surface area contributed by atoms with E-state index < -0.39 is 0 Å². The molecule has 1 aliphatic heterocycles. The van der Waals surface area contributed by atoms with Crippen molar-refractivity contribution < 1.29 is 14.6 Å². The van der Waals surface area contributed by atoms with E-state index in [-0.39, 0.29) is 11.8 Å². The molecule has 94 valence electrons. The third-order valence-electron chi connectivity index (χ3n) is 2.92. The fourth-order valence-electron chi connectivity index (χ4n) is 2.13. The van der Waals surface area contributed by atoms with Crippen molar-refractivity contribution in [3.8, 4) is 17.2 Å². The van der Waals surface area contributed by atoms with Gasteiger partial charge in [-0.3, -0.25) is 0 Å². The minimum Gasteiger partial charge on any atom is -0.508 e. The van der Waals surface area contributed by atoms with Gasteiger partial charge in [0.25, 0.3) is 0 Å². The van der Waals surface area contributed by atoms with Crippen LogP contribution in [0.4, 0.5) is 0 Å². The van der Waals surface area contributed by atoms with Gasteiger partial charge in [-0.15, -0.1) is 0 Å². The van der Waals surface area contributed by atoms with Crippen molar-refractivity contribution in [3.05, 3.63) is 17.7 Å². The number of hydrogen-bond donors (Lipinski definition) is 3. The molecule has 1 saturated heterocycles. The molecule has 1 aromatic rings. The average Bonchev–Trinajstić information content (AvgIpc) is 2.38. The quantitative estimate of drug-likeness (QED) is 0.721. The Kier molecular flexibility index (Phi) is 3.71. The van der Waals surface area contributed by atoms with Crippen molar-refractivity contribution >= 4 is 0 Å². The predicted octanol–water partition coefficient (Wildman–Crippen LogP) is 0.643. The average molecular weight is 238 g/mol. The summed E-state index contributed by atoms with van der Waals surface area (Å²) in [5, 5.41) is 16.3. The normalized spacial score (nSPS) is 20.0. The molecule has 1 atom stereocenters. The maximum Gasteiger partial charge on any atom is 0.131 e. The molecular formula is C12H18N2O3. The van der Waals surface area contributed by atoms with E-state index in [1.807, 2.05) is 0 Å². The topological polar surface area (TPSA) is 62.8 Å². The van der Waals surface area contributed by atoms with Crippen molar-refractivity contribution in [2.75, 3.05) is 33.9 Å². The van der Waals surface area contributed by atoms with Crippen LogP contribution in [0.5, 0.6) is 17.2 Å². The number of hydrogen-bond acceptors (Lipinski definition) is 5. The number of rotatable bonds is 3. The largest absolute Gasteiger partial charge is 0.508 e. The van der Waals surface area contributed by atoms with Gasteiger partial charge < -0.3 is 25.2 Å². The van der Waals surface area contributed by atoms with Crippen LogP contribution in [0.3, 0.4) is 0 Å². The van der Waals surface area contributed by atoms with Gasteiger partial charge in [-0.2, -0.15) is 0 Å². The lowest BCUT2D eigenvalue weighted by Gasteiger charge is -2.27. The molecule has 0 aliphatic carbocycles. The van der Waals surface area contributed by atoms with E-state index in [4.69, 9.17) is 9.47 Å². The second-order valence-corrected chi connectivity index (χ2v) is 3.97. The number of methoxy groups -OCH3 is 2. The highest BCUT2D eigenvalue weighted by atomic mass is 16.5. The predicted molar refractivity (Wildman–Crippen MR) is 64.8 cm³/mol. The van der Waals surface area contributed by atoms with E-state index in [1.54, 1.807) is 26.4 Å². The second kappa shape index (κ2) is 5.25. The Morgan fingerprint density at radius 2 is 1.82 bits per heavy atom. The fourth-order valence-corrected chi connectivity index (χ4v) is 2.13. The van der Waals surface area contributed by atoms with E-state index in [0.717, 1.165) is 25.2 Å². The van der Waals surface area contributed by atoms with Crippen molar-refractivity contribution in [2.24, 2.45) is 0 Å².